The first-order chi connectivity index (χ1) is 7.84. The van der Waals surface area contributed by atoms with Gasteiger partial charge in [-0.1, -0.05) is 12.8 Å². The number of carbonyl (C=O) groups excluding carboxylic acids is 1. The summed E-state index contributed by atoms with van der Waals surface area (Å²) in [7, 11) is 0. The number of hydrogen-bond donors (Lipinski definition) is 1. The highest BCUT2D eigenvalue weighted by molar-refractivity contribution is 5.83. The molecule has 1 aliphatic rings. The first-order valence-electron chi connectivity index (χ1n) is 5.91. The Labute approximate surface area is 99.1 Å². The van der Waals surface area contributed by atoms with Gasteiger partial charge < -0.3 is 10.6 Å². The van der Waals surface area contributed by atoms with Gasteiger partial charge in [0, 0.05) is 13.1 Å². The zero-order chi connectivity index (χ0) is 13.1. The number of nitrogens with two attached hydrogens (primary N) is 1. The predicted molar refractivity (Wildman–Crippen MR) is 58.3 cm³/mol. The predicted octanol–water partition coefficient (Wildman–Crippen LogP) is 1.92. The van der Waals surface area contributed by atoms with Crippen LogP contribution in [0.4, 0.5) is 13.2 Å². The van der Waals surface area contributed by atoms with Gasteiger partial charge in [0.1, 0.15) is 6.54 Å². The van der Waals surface area contributed by atoms with Gasteiger partial charge in [0.05, 0.1) is 5.41 Å². The van der Waals surface area contributed by atoms with E-state index in [9.17, 15) is 18.0 Å². The fourth-order valence-electron chi connectivity index (χ4n) is 2.44. The van der Waals surface area contributed by atoms with Crippen molar-refractivity contribution in [3.05, 3.63) is 0 Å². The number of amides is 1. The number of alkyl halides is 3. The van der Waals surface area contributed by atoms with E-state index >= 15 is 0 Å². The Morgan fingerprint density at radius 3 is 2.24 bits per heavy atom. The third kappa shape index (κ3) is 3.34. The zero-order valence-corrected chi connectivity index (χ0v) is 10.0. The monoisotopic (exact) mass is 252 g/mol. The van der Waals surface area contributed by atoms with Gasteiger partial charge in [0.25, 0.3) is 0 Å². The third-order valence-electron chi connectivity index (χ3n) is 3.44. The van der Waals surface area contributed by atoms with E-state index in [0.29, 0.717) is 12.8 Å². The van der Waals surface area contributed by atoms with E-state index in [4.69, 9.17) is 5.73 Å². The molecule has 1 saturated carbocycles. The maximum atomic E-state index is 12.3. The van der Waals surface area contributed by atoms with Gasteiger partial charge in [0.15, 0.2) is 0 Å². The van der Waals surface area contributed by atoms with Crippen molar-refractivity contribution in [2.75, 3.05) is 19.6 Å². The lowest BCUT2D eigenvalue weighted by Gasteiger charge is -2.33. The topological polar surface area (TPSA) is 46.3 Å². The molecule has 0 aliphatic heterocycles. The van der Waals surface area contributed by atoms with Crippen LogP contribution >= 0.6 is 0 Å². The lowest BCUT2D eigenvalue weighted by molar-refractivity contribution is -0.167. The van der Waals surface area contributed by atoms with Crippen LogP contribution in [-0.4, -0.2) is 36.6 Å². The smallest absolute Gasteiger partial charge is 0.333 e. The summed E-state index contributed by atoms with van der Waals surface area (Å²) in [6.45, 7) is 0.590. The second-order valence-corrected chi connectivity index (χ2v) is 4.63. The molecule has 1 fully saturated rings. The number of hydrogen-bond acceptors (Lipinski definition) is 2. The van der Waals surface area contributed by atoms with Crippen LogP contribution in [0.1, 0.15) is 32.6 Å². The fraction of sp³-hybridized carbons (Fsp3) is 0.909. The Morgan fingerprint density at radius 2 is 1.88 bits per heavy atom. The van der Waals surface area contributed by atoms with Gasteiger partial charge in [-0.3, -0.25) is 4.79 Å². The van der Waals surface area contributed by atoms with Gasteiger partial charge in [0.2, 0.25) is 5.91 Å². The molecule has 2 N–H and O–H groups in total. The fourth-order valence-corrected chi connectivity index (χ4v) is 2.44. The molecule has 3 nitrogen and oxygen atoms in total. The molecule has 1 aliphatic carbocycles. The van der Waals surface area contributed by atoms with Crippen LogP contribution in [0.2, 0.25) is 0 Å². The molecule has 100 valence electrons. The van der Waals surface area contributed by atoms with E-state index < -0.39 is 24.0 Å². The summed E-state index contributed by atoms with van der Waals surface area (Å²) < 4.78 is 37.0. The van der Waals surface area contributed by atoms with E-state index in [1.54, 1.807) is 6.92 Å². The highest BCUT2D eigenvalue weighted by Gasteiger charge is 2.44. The summed E-state index contributed by atoms with van der Waals surface area (Å²) in [4.78, 5) is 13.0. The molecule has 0 spiro atoms. The minimum Gasteiger partial charge on any atom is -0.333 e. The second-order valence-electron chi connectivity index (χ2n) is 4.63. The van der Waals surface area contributed by atoms with Gasteiger partial charge in [-0.2, -0.15) is 13.2 Å². The summed E-state index contributed by atoms with van der Waals surface area (Å²) >= 11 is 0. The molecule has 0 radical (unpaired) electrons. The van der Waals surface area contributed by atoms with Crippen molar-refractivity contribution in [1.29, 1.82) is 0 Å². The van der Waals surface area contributed by atoms with E-state index in [2.05, 4.69) is 0 Å². The Hall–Kier alpha value is -0.780. The number of nitrogens with zero attached hydrogens (tertiary/aromatic N) is 1. The maximum Gasteiger partial charge on any atom is 0.406 e. The van der Waals surface area contributed by atoms with E-state index in [-0.39, 0.29) is 13.1 Å². The van der Waals surface area contributed by atoms with E-state index in [0.717, 1.165) is 17.7 Å². The molecule has 0 aromatic rings. The standard InChI is InChI=1S/C11H19F3N2O/c1-2-16(8-11(12,13)14)9(17)10(7-15)5-3-4-6-10/h2-8,15H2,1H3. The largest absolute Gasteiger partial charge is 0.406 e. The van der Waals surface area contributed by atoms with Crippen molar-refractivity contribution in [1.82, 2.24) is 4.90 Å². The molecule has 0 heterocycles. The normalized spacial score (nSPS) is 19.4. The van der Waals surface area contributed by atoms with Crippen molar-refractivity contribution in [2.24, 2.45) is 11.1 Å². The summed E-state index contributed by atoms with van der Waals surface area (Å²) in [5, 5.41) is 0. The van der Waals surface area contributed by atoms with Crippen LogP contribution in [0.25, 0.3) is 0 Å². The summed E-state index contributed by atoms with van der Waals surface area (Å²) in [5.41, 5.74) is 4.85. The molecule has 0 bridgehead atoms. The van der Waals surface area contributed by atoms with Gasteiger partial charge in [-0.15, -0.1) is 0 Å². The zero-order valence-electron chi connectivity index (χ0n) is 10.0. The van der Waals surface area contributed by atoms with Crippen LogP contribution in [0.15, 0.2) is 0 Å². The van der Waals surface area contributed by atoms with Gasteiger partial charge >= 0.3 is 6.18 Å². The Morgan fingerprint density at radius 1 is 1.35 bits per heavy atom. The van der Waals surface area contributed by atoms with Crippen molar-refractivity contribution in [3.63, 3.8) is 0 Å². The first kappa shape index (κ1) is 14.3. The molecular weight excluding hydrogens is 233 g/mol. The lowest BCUT2D eigenvalue weighted by atomic mass is 9.84. The quantitative estimate of drug-likeness (QED) is 0.830. The molecule has 17 heavy (non-hydrogen) atoms. The first-order valence-corrected chi connectivity index (χ1v) is 5.91. The highest BCUT2D eigenvalue weighted by atomic mass is 19.4. The van der Waals surface area contributed by atoms with E-state index in [1.807, 2.05) is 0 Å². The molecule has 6 heteroatoms. The summed E-state index contributed by atoms with van der Waals surface area (Å²) in [5.74, 6) is -0.433. The highest BCUT2D eigenvalue weighted by Crippen LogP contribution is 2.39. The van der Waals surface area contributed by atoms with Crippen molar-refractivity contribution in [2.45, 2.75) is 38.8 Å². The summed E-state index contributed by atoms with van der Waals surface area (Å²) in [6.07, 6.45) is -1.40. The Kier molecular flexibility index (Phi) is 4.41. The van der Waals surface area contributed by atoms with Crippen molar-refractivity contribution in [3.8, 4) is 0 Å². The SMILES string of the molecule is CCN(CC(F)(F)F)C(=O)C1(CN)CCCC1. The number of halogens is 3. The van der Waals surface area contributed by atoms with Crippen LogP contribution in [0.5, 0.6) is 0 Å². The van der Waals surface area contributed by atoms with Gasteiger partial charge in [-0.25, -0.2) is 0 Å². The Bertz CT molecular complexity index is 272. The van der Waals surface area contributed by atoms with Crippen LogP contribution in [-0.2, 0) is 4.79 Å². The lowest BCUT2D eigenvalue weighted by Crippen LogP contribution is -2.49. The molecule has 0 aromatic carbocycles. The minimum atomic E-state index is -4.35. The minimum absolute atomic E-state index is 0.0695. The molecule has 1 amide bonds. The molecule has 0 atom stereocenters. The number of rotatable bonds is 4. The molecule has 1 rings (SSSR count). The van der Waals surface area contributed by atoms with Crippen LogP contribution < -0.4 is 5.73 Å². The van der Waals surface area contributed by atoms with Gasteiger partial charge in [-0.05, 0) is 19.8 Å². The molecule has 0 unspecified atom stereocenters. The van der Waals surface area contributed by atoms with Crippen LogP contribution in [0, 0.1) is 5.41 Å². The van der Waals surface area contributed by atoms with E-state index in [1.165, 1.54) is 0 Å². The molecular formula is C11H19F3N2O. The number of carbonyl (C=O) groups is 1. The molecule has 0 aromatic heterocycles. The average Bonchev–Trinajstić information content (AvgIpc) is 2.73. The average molecular weight is 252 g/mol. The Balaban J connectivity index is 2.77. The third-order valence-corrected chi connectivity index (χ3v) is 3.44. The van der Waals surface area contributed by atoms with Crippen LogP contribution in [0.3, 0.4) is 0 Å². The van der Waals surface area contributed by atoms with Crippen molar-refractivity contribution < 1.29 is 18.0 Å². The van der Waals surface area contributed by atoms with Crippen molar-refractivity contribution >= 4 is 5.91 Å². The molecule has 0 saturated heterocycles. The maximum absolute atomic E-state index is 12.3. The summed E-state index contributed by atoms with van der Waals surface area (Å²) in [6, 6.07) is 0. The second kappa shape index (κ2) is 5.25.